The summed E-state index contributed by atoms with van der Waals surface area (Å²) in [7, 11) is 2.06. The van der Waals surface area contributed by atoms with E-state index in [-0.39, 0.29) is 0 Å². The second-order valence-electron chi connectivity index (χ2n) is 4.52. The Hall–Kier alpha value is -1.71. The summed E-state index contributed by atoms with van der Waals surface area (Å²) < 4.78 is 0. The summed E-state index contributed by atoms with van der Waals surface area (Å²) in [5, 5.41) is 1.05. The molecule has 0 saturated heterocycles. The van der Waals surface area contributed by atoms with Crippen LogP contribution in [0.3, 0.4) is 0 Å². The van der Waals surface area contributed by atoms with Crippen LogP contribution in [0.2, 0.25) is 0 Å². The molecule has 3 nitrogen and oxygen atoms in total. The van der Waals surface area contributed by atoms with Gasteiger partial charge in [0.2, 0.25) is 0 Å². The van der Waals surface area contributed by atoms with Crippen LogP contribution in [0.15, 0.2) is 18.2 Å². The summed E-state index contributed by atoms with van der Waals surface area (Å²) in [6.45, 7) is 4.28. The average Bonchev–Trinajstić information content (AvgIpc) is 2.59. The number of nitrogens with one attached hydrogen (secondary N) is 1. The SMILES string of the molecule is Bc1cc(C(C)C)c2[nH]c(C(N)=O)cc2c1. The molecule has 0 saturated carbocycles. The summed E-state index contributed by atoms with van der Waals surface area (Å²) in [6, 6.07) is 6.02. The van der Waals surface area contributed by atoms with Crippen LogP contribution in [0.4, 0.5) is 0 Å². The van der Waals surface area contributed by atoms with Crippen molar-refractivity contribution in [1.82, 2.24) is 4.98 Å². The van der Waals surface area contributed by atoms with Crippen molar-refractivity contribution in [3.63, 3.8) is 0 Å². The minimum atomic E-state index is -0.413. The lowest BCUT2D eigenvalue weighted by atomic mass is 9.89. The van der Waals surface area contributed by atoms with Crippen LogP contribution >= 0.6 is 0 Å². The van der Waals surface area contributed by atoms with Crippen molar-refractivity contribution in [3.05, 3.63) is 29.5 Å². The molecule has 0 aliphatic rings. The van der Waals surface area contributed by atoms with Crippen LogP contribution in [-0.2, 0) is 0 Å². The first-order valence-corrected chi connectivity index (χ1v) is 5.42. The zero-order valence-corrected chi connectivity index (χ0v) is 9.79. The molecule has 1 amide bonds. The number of amides is 1. The molecule has 0 aliphatic carbocycles. The largest absolute Gasteiger partial charge is 0.364 e. The minimum absolute atomic E-state index is 0.413. The van der Waals surface area contributed by atoms with Gasteiger partial charge in [-0.3, -0.25) is 4.79 Å². The third kappa shape index (κ3) is 1.71. The van der Waals surface area contributed by atoms with Crippen LogP contribution < -0.4 is 11.2 Å². The molecule has 2 rings (SSSR count). The molecule has 0 radical (unpaired) electrons. The first-order valence-electron chi connectivity index (χ1n) is 5.42. The zero-order valence-electron chi connectivity index (χ0n) is 9.79. The highest BCUT2D eigenvalue weighted by atomic mass is 16.1. The predicted molar refractivity (Wildman–Crippen MR) is 69.1 cm³/mol. The number of H-pyrrole nitrogens is 1. The maximum Gasteiger partial charge on any atom is 0.265 e. The maximum atomic E-state index is 11.1. The summed E-state index contributed by atoms with van der Waals surface area (Å²) >= 11 is 0. The number of primary amides is 1. The van der Waals surface area contributed by atoms with Crippen molar-refractivity contribution in [3.8, 4) is 0 Å². The van der Waals surface area contributed by atoms with E-state index in [1.807, 2.05) is 6.07 Å². The topological polar surface area (TPSA) is 58.9 Å². The number of hydrogen-bond acceptors (Lipinski definition) is 1. The Morgan fingerprint density at radius 1 is 1.38 bits per heavy atom. The Bertz CT molecular complexity index is 557. The van der Waals surface area contributed by atoms with E-state index in [1.165, 1.54) is 11.0 Å². The highest BCUT2D eigenvalue weighted by molar-refractivity contribution is 6.33. The molecule has 0 spiro atoms. The zero-order chi connectivity index (χ0) is 11.9. The number of rotatable bonds is 2. The molecule has 0 atom stereocenters. The first kappa shape index (κ1) is 10.8. The molecule has 0 fully saturated rings. The molecule has 1 aromatic heterocycles. The van der Waals surface area contributed by atoms with E-state index >= 15 is 0 Å². The molecule has 0 aliphatic heterocycles. The molecule has 16 heavy (non-hydrogen) atoms. The number of hydrogen-bond donors (Lipinski definition) is 2. The van der Waals surface area contributed by atoms with Crippen LogP contribution in [0.25, 0.3) is 10.9 Å². The molecule has 4 heteroatoms. The number of aromatic amines is 1. The second-order valence-corrected chi connectivity index (χ2v) is 4.52. The van der Waals surface area contributed by atoms with E-state index in [0.717, 1.165) is 10.9 Å². The molecule has 0 unspecified atom stereocenters. The third-order valence-electron chi connectivity index (χ3n) is 2.79. The van der Waals surface area contributed by atoms with Gasteiger partial charge in [0.1, 0.15) is 13.5 Å². The Labute approximate surface area is 95.4 Å². The summed E-state index contributed by atoms with van der Waals surface area (Å²) in [6.07, 6.45) is 0. The fourth-order valence-electron chi connectivity index (χ4n) is 2.02. The molecule has 2 aromatic rings. The van der Waals surface area contributed by atoms with E-state index in [9.17, 15) is 4.79 Å². The van der Waals surface area contributed by atoms with Crippen LogP contribution in [0, 0.1) is 0 Å². The van der Waals surface area contributed by atoms with Crippen LogP contribution in [0.5, 0.6) is 0 Å². The Morgan fingerprint density at radius 2 is 2.06 bits per heavy atom. The van der Waals surface area contributed by atoms with Crippen molar-refractivity contribution in [2.24, 2.45) is 5.73 Å². The minimum Gasteiger partial charge on any atom is -0.364 e. The van der Waals surface area contributed by atoms with Gasteiger partial charge < -0.3 is 10.7 Å². The van der Waals surface area contributed by atoms with Gasteiger partial charge in [-0.2, -0.15) is 0 Å². The number of carbonyl (C=O) groups is 1. The highest BCUT2D eigenvalue weighted by Gasteiger charge is 2.11. The fraction of sp³-hybridized carbons (Fsp3) is 0.250. The predicted octanol–water partition coefficient (Wildman–Crippen LogP) is 0.649. The second kappa shape index (κ2) is 3.70. The Morgan fingerprint density at radius 3 is 2.62 bits per heavy atom. The average molecular weight is 214 g/mol. The molecule has 3 N–H and O–H groups in total. The van der Waals surface area contributed by atoms with Gasteiger partial charge in [-0.05, 0) is 22.9 Å². The van der Waals surface area contributed by atoms with Gasteiger partial charge in [-0.15, -0.1) is 0 Å². The van der Waals surface area contributed by atoms with Crippen molar-refractivity contribution in [2.75, 3.05) is 0 Å². The van der Waals surface area contributed by atoms with Crippen LogP contribution in [-0.4, -0.2) is 18.7 Å². The quantitative estimate of drug-likeness (QED) is 0.708. The molecular formula is C12H15BN2O. The van der Waals surface area contributed by atoms with Gasteiger partial charge in [-0.1, -0.05) is 31.4 Å². The lowest BCUT2D eigenvalue weighted by Crippen LogP contribution is -2.10. The Kier molecular flexibility index (Phi) is 2.50. The van der Waals surface area contributed by atoms with Gasteiger partial charge in [0.15, 0.2) is 0 Å². The molecule has 1 heterocycles. The van der Waals surface area contributed by atoms with E-state index in [2.05, 4.69) is 38.8 Å². The molecule has 82 valence electrons. The van der Waals surface area contributed by atoms with E-state index in [0.29, 0.717) is 11.6 Å². The number of carbonyl (C=O) groups excluding carboxylic acids is 1. The number of fused-ring (bicyclic) bond motifs is 1. The molecule has 1 aromatic carbocycles. The summed E-state index contributed by atoms with van der Waals surface area (Å²) in [5.74, 6) is 0.00494. The van der Waals surface area contributed by atoms with Gasteiger partial charge >= 0.3 is 0 Å². The van der Waals surface area contributed by atoms with Gasteiger partial charge in [-0.25, -0.2) is 0 Å². The van der Waals surface area contributed by atoms with E-state index in [1.54, 1.807) is 0 Å². The summed E-state index contributed by atoms with van der Waals surface area (Å²) in [5.41, 5.74) is 9.19. The standard InChI is InChI=1S/C12H15BN2O/c1-6(2)9-5-8(13)3-7-4-10(12(14)16)15-11(7)9/h3-6,15H,13H2,1-2H3,(H2,14,16). The monoisotopic (exact) mass is 214 g/mol. The normalized spacial score (nSPS) is 11.2. The van der Waals surface area contributed by atoms with Crippen molar-refractivity contribution < 1.29 is 4.79 Å². The summed E-state index contributed by atoms with van der Waals surface area (Å²) in [4.78, 5) is 14.2. The number of aromatic nitrogens is 1. The van der Waals surface area contributed by atoms with Crippen LogP contribution in [0.1, 0.15) is 35.8 Å². The van der Waals surface area contributed by atoms with Gasteiger partial charge in [0, 0.05) is 5.52 Å². The smallest absolute Gasteiger partial charge is 0.265 e. The molecular weight excluding hydrogens is 199 g/mol. The number of benzene rings is 1. The van der Waals surface area contributed by atoms with Crippen molar-refractivity contribution in [1.29, 1.82) is 0 Å². The fourth-order valence-corrected chi connectivity index (χ4v) is 2.02. The van der Waals surface area contributed by atoms with E-state index < -0.39 is 5.91 Å². The molecule has 0 bridgehead atoms. The highest BCUT2D eigenvalue weighted by Crippen LogP contribution is 2.24. The lowest BCUT2D eigenvalue weighted by molar-refractivity contribution is 0.0996. The lowest BCUT2D eigenvalue weighted by Gasteiger charge is -2.08. The van der Waals surface area contributed by atoms with Gasteiger partial charge in [0.05, 0.1) is 0 Å². The van der Waals surface area contributed by atoms with Gasteiger partial charge in [0.25, 0.3) is 5.91 Å². The number of nitrogens with two attached hydrogens (primary N) is 1. The van der Waals surface area contributed by atoms with E-state index in [4.69, 9.17) is 5.73 Å². The Balaban J connectivity index is 2.75. The first-order chi connectivity index (χ1) is 7.49. The maximum absolute atomic E-state index is 11.1. The van der Waals surface area contributed by atoms with Crippen molar-refractivity contribution >= 4 is 30.1 Å². The van der Waals surface area contributed by atoms with Crippen molar-refractivity contribution in [2.45, 2.75) is 19.8 Å². The third-order valence-corrected chi connectivity index (χ3v) is 2.79.